The average molecular weight is 340 g/mol. The van der Waals surface area contributed by atoms with Crippen molar-refractivity contribution in [3.05, 3.63) is 69.3 Å². The van der Waals surface area contributed by atoms with Crippen LogP contribution in [0.3, 0.4) is 0 Å². The van der Waals surface area contributed by atoms with Crippen molar-refractivity contribution in [3.8, 4) is 0 Å². The number of para-hydroxylation sites is 1. The zero-order valence-electron chi connectivity index (χ0n) is 13.6. The van der Waals surface area contributed by atoms with Crippen molar-refractivity contribution < 1.29 is 14.5 Å². The number of benzene rings is 2. The minimum atomic E-state index is -0.916. The smallest absolute Gasteiger partial charge is 0.317 e. The van der Waals surface area contributed by atoms with Gasteiger partial charge in [-0.1, -0.05) is 18.2 Å². The summed E-state index contributed by atoms with van der Waals surface area (Å²) in [6.45, 7) is 3.65. The molecule has 0 spiro atoms. The molecule has 2 aromatic carbocycles. The van der Waals surface area contributed by atoms with E-state index in [0.29, 0.717) is 11.3 Å². The predicted molar refractivity (Wildman–Crippen MR) is 93.4 cm³/mol. The number of anilines is 1. The van der Waals surface area contributed by atoms with Gasteiger partial charge < -0.3 is 5.32 Å². The third kappa shape index (κ3) is 4.71. The maximum Gasteiger partial charge on any atom is 0.329 e. The quantitative estimate of drug-likeness (QED) is 0.385. The Balaban J connectivity index is 1.95. The number of amides is 2. The van der Waals surface area contributed by atoms with E-state index in [1.807, 2.05) is 32.0 Å². The molecule has 0 radical (unpaired) electrons. The Hall–Kier alpha value is -3.55. The highest BCUT2D eigenvalue weighted by atomic mass is 16.6. The van der Waals surface area contributed by atoms with Gasteiger partial charge in [0.15, 0.2) is 0 Å². The third-order valence-corrected chi connectivity index (χ3v) is 3.41. The number of nitrogens with one attached hydrogen (secondary N) is 2. The van der Waals surface area contributed by atoms with Crippen molar-refractivity contribution in [2.45, 2.75) is 13.8 Å². The van der Waals surface area contributed by atoms with Gasteiger partial charge in [0.2, 0.25) is 0 Å². The predicted octanol–water partition coefficient (Wildman–Crippen LogP) is 2.30. The van der Waals surface area contributed by atoms with Crippen LogP contribution in [0.25, 0.3) is 0 Å². The number of nitro groups is 1. The van der Waals surface area contributed by atoms with E-state index < -0.39 is 16.7 Å². The molecule has 0 unspecified atom stereocenters. The third-order valence-electron chi connectivity index (χ3n) is 3.41. The molecule has 0 saturated heterocycles. The fourth-order valence-electron chi connectivity index (χ4n) is 2.08. The molecule has 0 saturated carbocycles. The molecular weight excluding hydrogens is 324 g/mol. The molecule has 8 heteroatoms. The molecular formula is C17H16N4O4. The molecule has 0 heterocycles. The Morgan fingerprint density at radius 3 is 2.20 bits per heavy atom. The first-order valence-electron chi connectivity index (χ1n) is 7.33. The molecule has 2 aromatic rings. The van der Waals surface area contributed by atoms with E-state index >= 15 is 0 Å². The van der Waals surface area contributed by atoms with Crippen LogP contribution in [-0.4, -0.2) is 23.0 Å². The standard InChI is InChI=1S/C17H16N4O4/c1-11-4-3-5-12(2)15(11)19-16(22)17(23)20-18-10-13-6-8-14(9-7-13)21(24)25/h3-10H,1-2H3,(H,19,22)(H,20,23)/b18-10+. The van der Waals surface area contributed by atoms with E-state index in [2.05, 4.69) is 15.8 Å². The van der Waals surface area contributed by atoms with Gasteiger partial charge in [-0.3, -0.25) is 19.7 Å². The Kier molecular flexibility index (Phi) is 5.57. The largest absolute Gasteiger partial charge is 0.329 e. The fraction of sp³-hybridized carbons (Fsp3) is 0.118. The first-order valence-corrected chi connectivity index (χ1v) is 7.33. The van der Waals surface area contributed by atoms with Gasteiger partial charge in [0, 0.05) is 17.8 Å². The first-order chi connectivity index (χ1) is 11.9. The second-order valence-corrected chi connectivity index (χ2v) is 5.27. The van der Waals surface area contributed by atoms with Crippen molar-refractivity contribution in [1.82, 2.24) is 5.43 Å². The first kappa shape index (κ1) is 17.8. The molecule has 0 aliphatic rings. The van der Waals surface area contributed by atoms with Crippen LogP contribution in [-0.2, 0) is 9.59 Å². The summed E-state index contributed by atoms with van der Waals surface area (Å²) in [5.41, 5.74) is 4.88. The van der Waals surface area contributed by atoms with Gasteiger partial charge in [0.25, 0.3) is 5.69 Å². The highest BCUT2D eigenvalue weighted by molar-refractivity contribution is 6.39. The van der Waals surface area contributed by atoms with E-state index in [1.54, 1.807) is 0 Å². The van der Waals surface area contributed by atoms with Crippen LogP contribution in [0.5, 0.6) is 0 Å². The van der Waals surface area contributed by atoms with E-state index in [0.717, 1.165) is 11.1 Å². The lowest BCUT2D eigenvalue weighted by Gasteiger charge is -2.10. The number of rotatable bonds is 4. The zero-order chi connectivity index (χ0) is 18.4. The Morgan fingerprint density at radius 1 is 1.04 bits per heavy atom. The van der Waals surface area contributed by atoms with Crippen LogP contribution >= 0.6 is 0 Å². The summed E-state index contributed by atoms with van der Waals surface area (Å²) >= 11 is 0. The normalized spacial score (nSPS) is 10.5. The van der Waals surface area contributed by atoms with E-state index in [1.165, 1.54) is 30.5 Å². The molecule has 0 fully saturated rings. The van der Waals surface area contributed by atoms with Crippen LogP contribution in [0, 0.1) is 24.0 Å². The van der Waals surface area contributed by atoms with E-state index in [9.17, 15) is 19.7 Å². The van der Waals surface area contributed by atoms with Crippen molar-refractivity contribution in [1.29, 1.82) is 0 Å². The Bertz CT molecular complexity index is 824. The molecule has 2 rings (SSSR count). The van der Waals surface area contributed by atoms with Gasteiger partial charge >= 0.3 is 11.8 Å². The molecule has 2 N–H and O–H groups in total. The topological polar surface area (TPSA) is 114 Å². The van der Waals surface area contributed by atoms with E-state index in [-0.39, 0.29) is 5.69 Å². The lowest BCUT2D eigenvalue weighted by Crippen LogP contribution is -2.32. The number of nitrogens with zero attached hydrogens (tertiary/aromatic N) is 2. The highest BCUT2D eigenvalue weighted by Crippen LogP contribution is 2.19. The SMILES string of the molecule is Cc1cccc(C)c1NC(=O)C(=O)N/N=C/c1ccc([N+](=O)[O-])cc1. The van der Waals surface area contributed by atoms with Crippen LogP contribution in [0.1, 0.15) is 16.7 Å². The van der Waals surface area contributed by atoms with Crippen LogP contribution in [0.2, 0.25) is 0 Å². The van der Waals surface area contributed by atoms with Crippen molar-refractivity contribution in [2.24, 2.45) is 5.10 Å². The van der Waals surface area contributed by atoms with Gasteiger partial charge in [0.05, 0.1) is 11.1 Å². The molecule has 0 aliphatic carbocycles. The second kappa shape index (κ2) is 7.82. The monoisotopic (exact) mass is 340 g/mol. The summed E-state index contributed by atoms with van der Waals surface area (Å²) in [6, 6.07) is 11.1. The number of aryl methyl sites for hydroxylation is 2. The highest BCUT2D eigenvalue weighted by Gasteiger charge is 2.15. The number of carbonyl (C=O) groups excluding carboxylic acids is 2. The molecule has 25 heavy (non-hydrogen) atoms. The average Bonchev–Trinajstić information content (AvgIpc) is 2.58. The Labute approximate surface area is 143 Å². The van der Waals surface area contributed by atoms with Gasteiger partial charge in [0.1, 0.15) is 0 Å². The number of non-ortho nitro benzene ring substituents is 1. The molecule has 2 amide bonds. The number of nitro benzene ring substituents is 1. The number of carbonyl (C=O) groups is 2. The van der Waals surface area contributed by atoms with Crippen LogP contribution < -0.4 is 10.7 Å². The molecule has 0 aliphatic heterocycles. The molecule has 0 bridgehead atoms. The zero-order valence-corrected chi connectivity index (χ0v) is 13.6. The van der Waals surface area contributed by atoms with Crippen molar-refractivity contribution in [2.75, 3.05) is 5.32 Å². The van der Waals surface area contributed by atoms with Gasteiger partial charge in [-0.15, -0.1) is 0 Å². The number of hydrazone groups is 1. The molecule has 0 atom stereocenters. The van der Waals surface area contributed by atoms with Crippen molar-refractivity contribution in [3.63, 3.8) is 0 Å². The summed E-state index contributed by atoms with van der Waals surface area (Å²) in [5.74, 6) is -1.75. The second-order valence-electron chi connectivity index (χ2n) is 5.27. The summed E-state index contributed by atoms with van der Waals surface area (Å²) in [6.07, 6.45) is 1.29. The number of hydrogen-bond donors (Lipinski definition) is 2. The van der Waals surface area contributed by atoms with Gasteiger partial charge in [-0.05, 0) is 42.7 Å². The van der Waals surface area contributed by atoms with Crippen LogP contribution in [0.15, 0.2) is 47.6 Å². The molecule has 8 nitrogen and oxygen atoms in total. The summed E-state index contributed by atoms with van der Waals surface area (Å²) in [5, 5.41) is 16.8. The molecule has 0 aromatic heterocycles. The van der Waals surface area contributed by atoms with E-state index in [4.69, 9.17) is 0 Å². The maximum absolute atomic E-state index is 11.9. The van der Waals surface area contributed by atoms with Gasteiger partial charge in [-0.25, -0.2) is 5.43 Å². The fourth-order valence-corrected chi connectivity index (χ4v) is 2.08. The summed E-state index contributed by atoms with van der Waals surface area (Å²) in [4.78, 5) is 33.7. The van der Waals surface area contributed by atoms with Crippen molar-refractivity contribution >= 4 is 29.4 Å². The maximum atomic E-state index is 11.9. The lowest BCUT2D eigenvalue weighted by atomic mass is 10.1. The summed E-state index contributed by atoms with van der Waals surface area (Å²) < 4.78 is 0. The van der Waals surface area contributed by atoms with Gasteiger partial charge in [-0.2, -0.15) is 5.10 Å². The minimum Gasteiger partial charge on any atom is -0.317 e. The van der Waals surface area contributed by atoms with Crippen LogP contribution in [0.4, 0.5) is 11.4 Å². The Morgan fingerprint density at radius 2 is 1.64 bits per heavy atom. The lowest BCUT2D eigenvalue weighted by molar-refractivity contribution is -0.384. The minimum absolute atomic E-state index is 0.0471. The molecule has 128 valence electrons. The summed E-state index contributed by atoms with van der Waals surface area (Å²) in [7, 11) is 0. The number of hydrogen-bond acceptors (Lipinski definition) is 5.